The molecule has 2 aromatic rings. The van der Waals surface area contributed by atoms with Gasteiger partial charge in [0.2, 0.25) is 0 Å². The van der Waals surface area contributed by atoms with E-state index in [1.807, 2.05) is 17.5 Å². The lowest BCUT2D eigenvalue weighted by molar-refractivity contribution is -0.137. The van der Waals surface area contributed by atoms with Crippen molar-refractivity contribution in [3.63, 3.8) is 0 Å². The molecule has 0 aliphatic carbocycles. The van der Waals surface area contributed by atoms with Crippen LogP contribution in [0.25, 0.3) is 0 Å². The maximum atomic E-state index is 12.4. The van der Waals surface area contributed by atoms with Gasteiger partial charge in [-0.05, 0) is 35.7 Å². The van der Waals surface area contributed by atoms with Gasteiger partial charge in [-0.2, -0.15) is 13.2 Å². The van der Waals surface area contributed by atoms with Crippen LogP contribution in [-0.2, 0) is 22.3 Å². The van der Waals surface area contributed by atoms with E-state index in [4.69, 9.17) is 4.74 Å². The second-order valence-corrected chi connectivity index (χ2v) is 5.54. The number of hydrogen-bond acceptors (Lipinski definition) is 4. The molecule has 1 N–H and O–H groups in total. The summed E-state index contributed by atoms with van der Waals surface area (Å²) in [6, 6.07) is 7.28. The summed E-state index contributed by atoms with van der Waals surface area (Å²) in [4.78, 5) is 24.1. The fraction of sp³-hybridized carbons (Fsp3) is 0.200. The van der Waals surface area contributed by atoms with Crippen LogP contribution in [-0.4, -0.2) is 18.5 Å². The minimum atomic E-state index is -4.47. The van der Waals surface area contributed by atoms with Crippen LogP contribution >= 0.6 is 11.3 Å². The summed E-state index contributed by atoms with van der Waals surface area (Å²) in [6.07, 6.45) is -4.47. The van der Waals surface area contributed by atoms with E-state index in [0.29, 0.717) is 6.54 Å². The van der Waals surface area contributed by atoms with E-state index in [0.717, 1.165) is 29.1 Å². The average molecular weight is 343 g/mol. The van der Waals surface area contributed by atoms with E-state index in [-0.39, 0.29) is 5.56 Å². The third kappa shape index (κ3) is 5.10. The number of amides is 1. The largest absolute Gasteiger partial charge is 0.452 e. The van der Waals surface area contributed by atoms with E-state index >= 15 is 0 Å². The molecule has 0 aliphatic heterocycles. The van der Waals surface area contributed by atoms with Crippen molar-refractivity contribution in [1.29, 1.82) is 0 Å². The van der Waals surface area contributed by atoms with Gasteiger partial charge in [0, 0.05) is 4.88 Å². The van der Waals surface area contributed by atoms with Gasteiger partial charge in [0.1, 0.15) is 0 Å². The number of esters is 1. The monoisotopic (exact) mass is 343 g/mol. The summed E-state index contributed by atoms with van der Waals surface area (Å²) in [5.41, 5.74) is -0.910. The van der Waals surface area contributed by atoms with E-state index in [1.54, 1.807) is 0 Å². The van der Waals surface area contributed by atoms with Gasteiger partial charge in [0.05, 0.1) is 17.7 Å². The van der Waals surface area contributed by atoms with Crippen LogP contribution in [0.3, 0.4) is 0 Å². The van der Waals surface area contributed by atoms with Crippen LogP contribution in [0.2, 0.25) is 0 Å². The Kier molecular flexibility index (Phi) is 5.38. The minimum Gasteiger partial charge on any atom is -0.452 e. The Hall–Kier alpha value is -2.35. The molecule has 23 heavy (non-hydrogen) atoms. The first-order valence-electron chi connectivity index (χ1n) is 6.50. The molecule has 4 nitrogen and oxygen atoms in total. The summed E-state index contributed by atoms with van der Waals surface area (Å²) >= 11 is 1.48. The molecular weight excluding hydrogens is 331 g/mol. The first-order chi connectivity index (χ1) is 10.9. The van der Waals surface area contributed by atoms with Crippen molar-refractivity contribution in [2.24, 2.45) is 0 Å². The SMILES string of the molecule is O=C(COC(=O)c1ccc(C(F)(F)F)cc1)NCc1cccs1. The van der Waals surface area contributed by atoms with Crippen LogP contribution in [0.5, 0.6) is 0 Å². The molecule has 0 saturated heterocycles. The molecular formula is C15H12F3NO3S. The number of carbonyl (C=O) groups is 2. The maximum Gasteiger partial charge on any atom is 0.416 e. The first kappa shape index (κ1) is 17.0. The molecule has 0 saturated carbocycles. The molecule has 0 atom stereocenters. The van der Waals surface area contributed by atoms with E-state index in [9.17, 15) is 22.8 Å². The molecule has 0 aliphatic rings. The maximum absolute atomic E-state index is 12.4. The van der Waals surface area contributed by atoms with Gasteiger partial charge in [-0.15, -0.1) is 11.3 Å². The molecule has 0 unspecified atom stereocenters. The lowest BCUT2D eigenvalue weighted by Crippen LogP contribution is -2.28. The normalized spacial score (nSPS) is 11.1. The number of alkyl halides is 3. The van der Waals surface area contributed by atoms with Crippen molar-refractivity contribution in [2.75, 3.05) is 6.61 Å². The summed E-state index contributed by atoms with van der Waals surface area (Å²) < 4.78 is 42.0. The summed E-state index contributed by atoms with van der Waals surface area (Å²) in [5.74, 6) is -1.34. The Morgan fingerprint density at radius 3 is 2.39 bits per heavy atom. The minimum absolute atomic E-state index is 0.0518. The van der Waals surface area contributed by atoms with Gasteiger partial charge in [-0.25, -0.2) is 4.79 Å². The van der Waals surface area contributed by atoms with Crippen LogP contribution in [0, 0.1) is 0 Å². The van der Waals surface area contributed by atoms with Crippen LogP contribution < -0.4 is 5.32 Å². The van der Waals surface area contributed by atoms with Gasteiger partial charge in [0.15, 0.2) is 6.61 Å². The molecule has 0 radical (unpaired) electrons. The highest BCUT2D eigenvalue weighted by Gasteiger charge is 2.30. The Morgan fingerprint density at radius 2 is 1.83 bits per heavy atom. The van der Waals surface area contributed by atoms with Gasteiger partial charge >= 0.3 is 12.1 Å². The number of benzene rings is 1. The molecule has 1 amide bonds. The van der Waals surface area contributed by atoms with Crippen molar-refractivity contribution >= 4 is 23.2 Å². The average Bonchev–Trinajstić information content (AvgIpc) is 3.03. The van der Waals surface area contributed by atoms with Crippen molar-refractivity contribution in [3.05, 3.63) is 57.8 Å². The van der Waals surface area contributed by atoms with E-state index in [1.165, 1.54) is 11.3 Å². The van der Waals surface area contributed by atoms with Crippen LogP contribution in [0.15, 0.2) is 41.8 Å². The summed E-state index contributed by atoms with van der Waals surface area (Å²) in [7, 11) is 0. The predicted molar refractivity (Wildman–Crippen MR) is 77.9 cm³/mol. The van der Waals surface area contributed by atoms with Gasteiger partial charge < -0.3 is 10.1 Å². The Morgan fingerprint density at radius 1 is 1.13 bits per heavy atom. The van der Waals surface area contributed by atoms with Crippen molar-refractivity contribution < 1.29 is 27.5 Å². The molecule has 8 heteroatoms. The fourth-order valence-corrected chi connectivity index (χ4v) is 2.30. The van der Waals surface area contributed by atoms with Crippen LogP contribution in [0.4, 0.5) is 13.2 Å². The van der Waals surface area contributed by atoms with Gasteiger partial charge in [0.25, 0.3) is 5.91 Å². The standard InChI is InChI=1S/C15H12F3NO3S/c16-15(17,18)11-5-3-10(4-6-11)14(21)22-9-13(20)19-8-12-2-1-7-23-12/h1-7H,8-9H2,(H,19,20). The van der Waals surface area contributed by atoms with E-state index in [2.05, 4.69) is 5.32 Å². The number of thiophene rings is 1. The lowest BCUT2D eigenvalue weighted by atomic mass is 10.1. The third-order valence-corrected chi connectivity index (χ3v) is 3.70. The van der Waals surface area contributed by atoms with Crippen molar-refractivity contribution in [3.8, 4) is 0 Å². The molecule has 0 fully saturated rings. The summed E-state index contributed by atoms with van der Waals surface area (Å²) in [6.45, 7) is -0.167. The Labute approximate surface area is 133 Å². The number of rotatable bonds is 5. The Balaban J connectivity index is 1.81. The molecule has 0 spiro atoms. The smallest absolute Gasteiger partial charge is 0.416 e. The molecule has 122 valence electrons. The topological polar surface area (TPSA) is 55.4 Å². The predicted octanol–water partition coefficient (Wildman–Crippen LogP) is 3.24. The zero-order valence-electron chi connectivity index (χ0n) is 11.7. The number of hydrogen-bond donors (Lipinski definition) is 1. The number of ether oxygens (including phenoxy) is 1. The number of nitrogens with one attached hydrogen (secondary N) is 1. The molecule has 2 rings (SSSR count). The van der Waals surface area contributed by atoms with Crippen LogP contribution in [0.1, 0.15) is 20.8 Å². The highest BCUT2D eigenvalue weighted by molar-refractivity contribution is 7.09. The Bertz CT molecular complexity index is 666. The van der Waals surface area contributed by atoms with Gasteiger partial charge in [-0.1, -0.05) is 6.07 Å². The highest BCUT2D eigenvalue weighted by Crippen LogP contribution is 2.29. The highest BCUT2D eigenvalue weighted by atomic mass is 32.1. The van der Waals surface area contributed by atoms with E-state index < -0.39 is 30.2 Å². The fourth-order valence-electron chi connectivity index (χ4n) is 1.66. The molecule has 1 heterocycles. The van der Waals surface area contributed by atoms with Crippen molar-refractivity contribution in [2.45, 2.75) is 12.7 Å². The summed E-state index contributed by atoms with van der Waals surface area (Å²) in [5, 5.41) is 4.43. The lowest BCUT2D eigenvalue weighted by Gasteiger charge is -2.08. The number of halogens is 3. The van der Waals surface area contributed by atoms with Crippen molar-refractivity contribution in [1.82, 2.24) is 5.32 Å². The van der Waals surface area contributed by atoms with Gasteiger partial charge in [-0.3, -0.25) is 4.79 Å². The zero-order valence-corrected chi connectivity index (χ0v) is 12.5. The molecule has 1 aromatic heterocycles. The molecule has 1 aromatic carbocycles. The molecule has 0 bridgehead atoms. The first-order valence-corrected chi connectivity index (χ1v) is 7.37. The second kappa shape index (κ2) is 7.28. The number of carbonyl (C=O) groups excluding carboxylic acids is 2. The second-order valence-electron chi connectivity index (χ2n) is 4.51. The zero-order chi connectivity index (χ0) is 16.9. The quantitative estimate of drug-likeness (QED) is 0.848. The third-order valence-electron chi connectivity index (χ3n) is 2.82.